The highest BCUT2D eigenvalue weighted by Gasteiger charge is 2.43. The zero-order valence-corrected chi connectivity index (χ0v) is 16.3. The first kappa shape index (κ1) is 17.6. The van der Waals surface area contributed by atoms with E-state index in [4.69, 9.17) is 0 Å². The molecule has 0 spiro atoms. The molecule has 1 aliphatic heterocycles. The minimum atomic E-state index is -0.804. The predicted octanol–water partition coefficient (Wildman–Crippen LogP) is 3.13. The summed E-state index contributed by atoms with van der Waals surface area (Å²) in [4.78, 5) is 44.4. The van der Waals surface area contributed by atoms with Gasteiger partial charge in [0.2, 0.25) is 16.9 Å². The number of fused-ring (bicyclic) bond motifs is 1. The number of aromatic nitrogens is 3. The van der Waals surface area contributed by atoms with E-state index in [-0.39, 0.29) is 23.8 Å². The molecule has 8 heteroatoms. The number of hydrogen-bond donors (Lipinski definition) is 1. The molecule has 2 aromatic heterocycles. The maximum Gasteiger partial charge on any atom is 0.277 e. The summed E-state index contributed by atoms with van der Waals surface area (Å²) in [5.74, 6) is -1.49. The van der Waals surface area contributed by atoms with Crippen molar-refractivity contribution in [1.82, 2.24) is 14.8 Å². The standard InChI is InChI=1S/C21H16N4O3S/c1-12-18(14-11-17(26)24(19(14)27)13-7-3-2-4-8-13)20(28)25(23-12)21-22-15-9-5-6-10-16(15)29-21/h2-10,14,23H,11H2,1H3/t14-/m0/s1. The number of nitrogens with one attached hydrogen (secondary N) is 1. The average molecular weight is 404 g/mol. The number of anilines is 1. The Morgan fingerprint density at radius 1 is 1.03 bits per heavy atom. The minimum Gasteiger partial charge on any atom is -0.293 e. The third-order valence-corrected chi connectivity index (χ3v) is 6.12. The predicted molar refractivity (Wildman–Crippen MR) is 111 cm³/mol. The van der Waals surface area contributed by atoms with E-state index < -0.39 is 5.92 Å². The molecule has 0 radical (unpaired) electrons. The number of rotatable bonds is 3. The van der Waals surface area contributed by atoms with E-state index in [0.29, 0.717) is 22.1 Å². The van der Waals surface area contributed by atoms with Crippen molar-refractivity contribution in [3.63, 3.8) is 0 Å². The molecule has 144 valence electrons. The van der Waals surface area contributed by atoms with E-state index in [1.54, 1.807) is 31.2 Å². The van der Waals surface area contributed by atoms with E-state index in [0.717, 1.165) is 10.2 Å². The van der Waals surface area contributed by atoms with Gasteiger partial charge in [-0.25, -0.2) is 4.98 Å². The van der Waals surface area contributed by atoms with Gasteiger partial charge in [0.25, 0.3) is 5.56 Å². The second kappa shape index (κ2) is 6.52. The molecule has 0 aliphatic carbocycles. The molecule has 2 aromatic carbocycles. The summed E-state index contributed by atoms with van der Waals surface area (Å²) >= 11 is 1.39. The van der Waals surface area contributed by atoms with Gasteiger partial charge in [-0.2, -0.15) is 4.68 Å². The van der Waals surface area contributed by atoms with Gasteiger partial charge in [-0.1, -0.05) is 41.7 Å². The summed E-state index contributed by atoms with van der Waals surface area (Å²) in [6.07, 6.45) is -0.0263. The SMILES string of the molecule is Cc1[nH]n(-c2nc3ccccc3s2)c(=O)c1[C@@H]1CC(=O)N(c2ccccc2)C1=O. The first-order valence-electron chi connectivity index (χ1n) is 9.14. The van der Waals surface area contributed by atoms with Crippen LogP contribution in [0.25, 0.3) is 15.3 Å². The molecule has 7 nitrogen and oxygen atoms in total. The van der Waals surface area contributed by atoms with Crippen LogP contribution in [0.2, 0.25) is 0 Å². The lowest BCUT2D eigenvalue weighted by Gasteiger charge is -2.14. The maximum atomic E-state index is 13.2. The van der Waals surface area contributed by atoms with Crippen LogP contribution in [0.1, 0.15) is 23.6 Å². The average Bonchev–Trinajstić information content (AvgIpc) is 3.36. The first-order valence-corrected chi connectivity index (χ1v) is 9.95. The van der Waals surface area contributed by atoms with Gasteiger partial charge in [0.15, 0.2) is 0 Å². The van der Waals surface area contributed by atoms with Crippen LogP contribution >= 0.6 is 11.3 Å². The van der Waals surface area contributed by atoms with Crippen LogP contribution < -0.4 is 10.5 Å². The summed E-state index contributed by atoms with van der Waals surface area (Å²) < 4.78 is 2.32. The zero-order chi connectivity index (χ0) is 20.1. The Morgan fingerprint density at radius 3 is 2.52 bits per heavy atom. The molecule has 2 amide bonds. The Bertz CT molecular complexity index is 1290. The van der Waals surface area contributed by atoms with Gasteiger partial charge in [-0.3, -0.25) is 24.4 Å². The largest absolute Gasteiger partial charge is 0.293 e. The van der Waals surface area contributed by atoms with Crippen LogP contribution in [-0.2, 0) is 9.59 Å². The van der Waals surface area contributed by atoms with Gasteiger partial charge in [0.1, 0.15) is 0 Å². The van der Waals surface area contributed by atoms with Crippen molar-refractivity contribution in [3.8, 4) is 5.13 Å². The number of aromatic amines is 1. The Hall–Kier alpha value is -3.52. The van der Waals surface area contributed by atoms with E-state index in [2.05, 4.69) is 10.1 Å². The normalized spacial score (nSPS) is 16.9. The second-order valence-corrected chi connectivity index (χ2v) is 7.92. The van der Waals surface area contributed by atoms with Crippen LogP contribution in [0.15, 0.2) is 59.4 Å². The van der Waals surface area contributed by atoms with Crippen molar-refractivity contribution in [2.45, 2.75) is 19.3 Å². The fraction of sp³-hybridized carbons (Fsp3) is 0.143. The van der Waals surface area contributed by atoms with Crippen molar-refractivity contribution < 1.29 is 9.59 Å². The highest BCUT2D eigenvalue weighted by atomic mass is 32.1. The number of para-hydroxylation sites is 2. The third-order valence-electron chi connectivity index (χ3n) is 5.10. The highest BCUT2D eigenvalue weighted by molar-refractivity contribution is 7.20. The fourth-order valence-corrected chi connectivity index (χ4v) is 4.69. The molecular weight excluding hydrogens is 388 g/mol. The van der Waals surface area contributed by atoms with Crippen molar-refractivity contribution >= 4 is 39.1 Å². The fourth-order valence-electron chi connectivity index (χ4n) is 3.77. The van der Waals surface area contributed by atoms with Gasteiger partial charge >= 0.3 is 0 Å². The number of imide groups is 1. The lowest BCUT2D eigenvalue weighted by molar-refractivity contribution is -0.121. The Kier molecular flexibility index (Phi) is 3.95. The van der Waals surface area contributed by atoms with Gasteiger partial charge in [-0.15, -0.1) is 0 Å². The smallest absolute Gasteiger partial charge is 0.277 e. The maximum absolute atomic E-state index is 13.2. The molecular formula is C21H16N4O3S. The number of hydrogen-bond acceptors (Lipinski definition) is 5. The molecule has 1 fully saturated rings. The summed E-state index contributed by atoms with van der Waals surface area (Å²) in [6, 6.07) is 16.4. The number of amides is 2. The number of carbonyl (C=O) groups is 2. The van der Waals surface area contributed by atoms with Gasteiger partial charge < -0.3 is 0 Å². The minimum absolute atomic E-state index is 0.0263. The molecule has 1 N–H and O–H groups in total. The summed E-state index contributed by atoms with van der Waals surface area (Å²) in [6.45, 7) is 1.74. The lowest BCUT2D eigenvalue weighted by Crippen LogP contribution is -2.31. The Labute approximate surface area is 169 Å². The molecule has 4 aromatic rings. The molecule has 1 aliphatic rings. The molecule has 3 heterocycles. The van der Waals surface area contributed by atoms with Crippen molar-refractivity contribution in [2.24, 2.45) is 0 Å². The number of nitrogens with zero attached hydrogens (tertiary/aromatic N) is 3. The van der Waals surface area contributed by atoms with Gasteiger partial charge in [0.05, 0.1) is 27.4 Å². The van der Waals surface area contributed by atoms with Crippen LogP contribution in [-0.4, -0.2) is 26.6 Å². The number of aryl methyl sites for hydroxylation is 1. The third kappa shape index (κ3) is 2.72. The van der Waals surface area contributed by atoms with Crippen LogP contribution in [0.5, 0.6) is 0 Å². The van der Waals surface area contributed by atoms with Gasteiger partial charge in [-0.05, 0) is 31.2 Å². The summed E-state index contributed by atoms with van der Waals surface area (Å²) in [5, 5.41) is 3.53. The lowest BCUT2D eigenvalue weighted by atomic mass is 9.98. The molecule has 5 rings (SSSR count). The Balaban J connectivity index is 1.57. The molecule has 0 bridgehead atoms. The van der Waals surface area contributed by atoms with E-state index in [1.165, 1.54) is 20.9 Å². The summed E-state index contributed by atoms with van der Waals surface area (Å²) in [7, 11) is 0. The van der Waals surface area contributed by atoms with Crippen LogP contribution in [0.4, 0.5) is 5.69 Å². The number of carbonyl (C=O) groups excluding carboxylic acids is 2. The molecule has 0 unspecified atom stereocenters. The molecule has 29 heavy (non-hydrogen) atoms. The van der Waals surface area contributed by atoms with Crippen molar-refractivity contribution in [3.05, 3.63) is 76.2 Å². The van der Waals surface area contributed by atoms with Crippen LogP contribution in [0, 0.1) is 6.92 Å². The van der Waals surface area contributed by atoms with Crippen molar-refractivity contribution in [1.29, 1.82) is 0 Å². The number of H-pyrrole nitrogens is 1. The quantitative estimate of drug-likeness (QED) is 0.532. The molecule has 0 saturated carbocycles. The van der Waals surface area contributed by atoms with E-state index in [1.807, 2.05) is 30.3 Å². The topological polar surface area (TPSA) is 88.1 Å². The second-order valence-electron chi connectivity index (χ2n) is 6.91. The summed E-state index contributed by atoms with van der Waals surface area (Å²) in [5.41, 5.74) is 1.86. The van der Waals surface area contributed by atoms with E-state index >= 15 is 0 Å². The number of benzene rings is 2. The molecule has 1 saturated heterocycles. The Morgan fingerprint density at radius 2 is 1.76 bits per heavy atom. The van der Waals surface area contributed by atoms with Crippen LogP contribution in [0.3, 0.4) is 0 Å². The van der Waals surface area contributed by atoms with Crippen molar-refractivity contribution in [2.75, 3.05) is 4.90 Å². The highest BCUT2D eigenvalue weighted by Crippen LogP contribution is 2.33. The monoisotopic (exact) mass is 404 g/mol. The number of thiazole rings is 1. The van der Waals surface area contributed by atoms with Gasteiger partial charge in [0, 0.05) is 12.1 Å². The zero-order valence-electron chi connectivity index (χ0n) is 15.5. The molecule has 1 atom stereocenters. The first-order chi connectivity index (χ1) is 14.0. The van der Waals surface area contributed by atoms with E-state index in [9.17, 15) is 14.4 Å².